The minimum atomic E-state index is -0.404. The second-order valence-corrected chi connectivity index (χ2v) is 10.8. The summed E-state index contributed by atoms with van der Waals surface area (Å²) in [7, 11) is 0. The molecule has 1 aliphatic heterocycles. The van der Waals surface area contributed by atoms with Crippen LogP contribution in [-0.4, -0.2) is 45.1 Å². The highest BCUT2D eigenvalue weighted by Crippen LogP contribution is 2.34. The number of imidazole rings is 1. The summed E-state index contributed by atoms with van der Waals surface area (Å²) in [6.07, 6.45) is 1.83. The first-order valence-electron chi connectivity index (χ1n) is 14.6. The van der Waals surface area contributed by atoms with E-state index in [1.165, 1.54) is 5.56 Å². The summed E-state index contributed by atoms with van der Waals surface area (Å²) in [5, 5.41) is 15.3. The average molecular weight is 572 g/mol. The predicted molar refractivity (Wildman–Crippen MR) is 169 cm³/mol. The molecule has 0 unspecified atom stereocenters. The number of H-pyrrole nitrogens is 1. The number of benzene rings is 3. The van der Waals surface area contributed by atoms with Gasteiger partial charge in [-0.1, -0.05) is 66.7 Å². The number of aromatic amines is 1. The van der Waals surface area contributed by atoms with E-state index in [2.05, 4.69) is 38.7 Å². The van der Waals surface area contributed by atoms with E-state index in [-0.39, 0.29) is 17.5 Å². The quantitative estimate of drug-likeness (QED) is 0.224. The number of carbonyl (C=O) groups excluding carboxylic acids is 1. The number of likely N-dealkylation sites (tertiary alicyclic amines) is 1. The number of nitrogens with zero attached hydrogens (tertiary/aromatic N) is 4. The maximum absolute atomic E-state index is 12.7. The number of pyridine rings is 1. The van der Waals surface area contributed by atoms with Crippen LogP contribution in [0.5, 0.6) is 0 Å². The topological polar surface area (TPSA) is 119 Å². The van der Waals surface area contributed by atoms with Crippen molar-refractivity contribution in [2.45, 2.75) is 32.4 Å². The average Bonchev–Trinajstić information content (AvgIpc) is 3.38. The number of fused-ring (bicyclic) bond motifs is 1. The van der Waals surface area contributed by atoms with Crippen LogP contribution < -0.4 is 16.3 Å². The Morgan fingerprint density at radius 1 is 1.00 bits per heavy atom. The highest BCUT2D eigenvalue weighted by Gasteiger charge is 2.24. The molecule has 0 spiro atoms. The largest absolute Gasteiger partial charge is 0.338 e. The van der Waals surface area contributed by atoms with Gasteiger partial charge < -0.3 is 10.3 Å². The van der Waals surface area contributed by atoms with Crippen molar-refractivity contribution < 1.29 is 4.79 Å². The maximum Gasteiger partial charge on any atom is 0.326 e. The fourth-order valence-corrected chi connectivity index (χ4v) is 5.86. The lowest BCUT2D eigenvalue weighted by molar-refractivity contribution is 0.180. The third-order valence-electron chi connectivity index (χ3n) is 7.98. The van der Waals surface area contributed by atoms with E-state index in [4.69, 9.17) is 4.98 Å². The molecule has 1 fully saturated rings. The van der Waals surface area contributed by atoms with Gasteiger partial charge in [-0.05, 0) is 49.1 Å². The highest BCUT2D eigenvalue weighted by molar-refractivity contribution is 5.92. The Bertz CT molecular complexity index is 1840. The smallest absolute Gasteiger partial charge is 0.326 e. The molecule has 9 nitrogen and oxygen atoms in total. The van der Waals surface area contributed by atoms with Crippen LogP contribution in [0.3, 0.4) is 0 Å². The van der Waals surface area contributed by atoms with Gasteiger partial charge in [0.1, 0.15) is 6.07 Å². The molecule has 0 saturated carbocycles. The van der Waals surface area contributed by atoms with Crippen molar-refractivity contribution in [2.75, 3.05) is 25.0 Å². The number of carbonyl (C=O) groups is 1. The van der Waals surface area contributed by atoms with Gasteiger partial charge in [-0.15, -0.1) is 0 Å². The van der Waals surface area contributed by atoms with Gasteiger partial charge in [-0.2, -0.15) is 5.26 Å². The van der Waals surface area contributed by atoms with Gasteiger partial charge in [0.25, 0.3) is 0 Å². The number of rotatable bonds is 7. The third kappa shape index (κ3) is 5.92. The van der Waals surface area contributed by atoms with Gasteiger partial charge in [-0.25, -0.2) is 14.6 Å². The van der Waals surface area contributed by atoms with E-state index in [9.17, 15) is 14.9 Å². The minimum absolute atomic E-state index is 0.0362. The van der Waals surface area contributed by atoms with Crippen molar-refractivity contribution in [3.8, 4) is 28.5 Å². The Labute approximate surface area is 249 Å². The molecule has 0 atom stereocenters. The molecule has 9 heteroatoms. The summed E-state index contributed by atoms with van der Waals surface area (Å²) < 4.78 is 1.92. The third-order valence-corrected chi connectivity index (χ3v) is 7.98. The van der Waals surface area contributed by atoms with Gasteiger partial charge >= 0.3 is 11.7 Å². The van der Waals surface area contributed by atoms with Crippen molar-refractivity contribution in [2.24, 2.45) is 0 Å². The van der Waals surface area contributed by atoms with Crippen LogP contribution >= 0.6 is 0 Å². The summed E-state index contributed by atoms with van der Waals surface area (Å²) in [5.41, 5.74) is 6.63. The molecule has 3 N–H and O–H groups in total. The van der Waals surface area contributed by atoms with Crippen LogP contribution in [0.25, 0.3) is 33.4 Å². The number of aromatic nitrogens is 3. The molecule has 3 aromatic carbocycles. The molecule has 2 aromatic heterocycles. The second-order valence-electron chi connectivity index (χ2n) is 10.8. The summed E-state index contributed by atoms with van der Waals surface area (Å²) in [6.45, 7) is 4.91. The van der Waals surface area contributed by atoms with E-state index in [1.807, 2.05) is 78.2 Å². The first-order chi connectivity index (χ1) is 21.0. The summed E-state index contributed by atoms with van der Waals surface area (Å²) >= 11 is 0. The lowest BCUT2D eigenvalue weighted by Crippen LogP contribution is -2.36. The number of nitriles is 1. The number of nitrogens with one attached hydrogen (secondary N) is 3. The van der Waals surface area contributed by atoms with E-state index >= 15 is 0 Å². The Balaban J connectivity index is 1.21. The standard InChI is InChI=1S/C34H33N7O2/c1-2-36-33(42)39-32-26(21-35)20-28(24-8-4-3-5-9-24)31(38-32)25-14-12-23(13-15-25)22-40-18-16-27(17-19-40)41-30-11-7-6-10-29(30)37-34(41)43/h3-15,20,27H,2,16-19,22H2,1H3,(H,37,43)(H2,36,38,39,42). The number of hydrogen-bond acceptors (Lipinski definition) is 5. The van der Waals surface area contributed by atoms with E-state index < -0.39 is 6.03 Å². The Hall–Kier alpha value is -5.20. The van der Waals surface area contributed by atoms with Gasteiger partial charge in [0.2, 0.25) is 0 Å². The number of para-hydroxylation sites is 2. The van der Waals surface area contributed by atoms with Crippen LogP contribution in [0.2, 0.25) is 0 Å². The van der Waals surface area contributed by atoms with E-state index in [0.29, 0.717) is 17.8 Å². The summed E-state index contributed by atoms with van der Waals surface area (Å²) in [4.78, 5) is 35.1. The number of urea groups is 1. The van der Waals surface area contributed by atoms with Crippen molar-refractivity contribution in [3.05, 3.63) is 107 Å². The molecule has 216 valence electrons. The molecule has 3 heterocycles. The molecule has 6 rings (SSSR count). The number of hydrogen-bond donors (Lipinski definition) is 3. The van der Waals surface area contributed by atoms with Crippen LogP contribution in [0.4, 0.5) is 10.6 Å². The van der Waals surface area contributed by atoms with Crippen LogP contribution in [-0.2, 0) is 6.54 Å². The van der Waals surface area contributed by atoms with Crippen LogP contribution in [0, 0.1) is 11.3 Å². The monoisotopic (exact) mass is 571 g/mol. The summed E-state index contributed by atoms with van der Waals surface area (Å²) in [5.74, 6) is 0.226. The van der Waals surface area contributed by atoms with E-state index in [0.717, 1.165) is 60.2 Å². The Morgan fingerprint density at radius 3 is 2.44 bits per heavy atom. The van der Waals surface area contributed by atoms with Gasteiger partial charge in [0, 0.05) is 43.3 Å². The Kier molecular flexibility index (Phi) is 8.03. The SMILES string of the molecule is CCNC(=O)Nc1nc(-c2ccc(CN3CCC(n4c(=O)[nH]c5ccccc54)CC3)cc2)c(-c2ccccc2)cc1C#N. The molecule has 2 amide bonds. The maximum atomic E-state index is 12.7. The lowest BCUT2D eigenvalue weighted by atomic mass is 9.97. The van der Waals surface area contributed by atoms with Crippen molar-refractivity contribution >= 4 is 22.9 Å². The number of anilines is 1. The van der Waals surface area contributed by atoms with Crippen molar-refractivity contribution in [3.63, 3.8) is 0 Å². The summed E-state index contributed by atoms with van der Waals surface area (Å²) in [6, 6.07) is 29.7. The lowest BCUT2D eigenvalue weighted by Gasteiger charge is -2.32. The number of piperidine rings is 1. The highest BCUT2D eigenvalue weighted by atomic mass is 16.2. The van der Waals surface area contributed by atoms with Crippen molar-refractivity contribution in [1.82, 2.24) is 24.8 Å². The van der Waals surface area contributed by atoms with Crippen LogP contribution in [0.15, 0.2) is 89.7 Å². The zero-order valence-electron chi connectivity index (χ0n) is 24.0. The fourth-order valence-electron chi connectivity index (χ4n) is 5.86. The van der Waals surface area contributed by atoms with Crippen molar-refractivity contribution in [1.29, 1.82) is 5.26 Å². The first kappa shape index (κ1) is 27.9. The van der Waals surface area contributed by atoms with Gasteiger partial charge in [0.05, 0.1) is 22.3 Å². The normalized spacial score (nSPS) is 14.0. The second kappa shape index (κ2) is 12.3. The zero-order valence-corrected chi connectivity index (χ0v) is 24.0. The molecule has 0 bridgehead atoms. The molecule has 1 saturated heterocycles. The number of amides is 2. The molecule has 5 aromatic rings. The first-order valence-corrected chi connectivity index (χ1v) is 14.6. The minimum Gasteiger partial charge on any atom is -0.338 e. The van der Waals surface area contributed by atoms with Gasteiger partial charge in [-0.3, -0.25) is 14.8 Å². The molecular weight excluding hydrogens is 538 g/mol. The molecule has 1 aliphatic rings. The zero-order chi connectivity index (χ0) is 29.8. The molecule has 0 radical (unpaired) electrons. The Morgan fingerprint density at radius 2 is 1.72 bits per heavy atom. The molecular formula is C34H33N7O2. The predicted octanol–water partition coefficient (Wildman–Crippen LogP) is 5.91. The molecule has 0 aliphatic carbocycles. The van der Waals surface area contributed by atoms with E-state index in [1.54, 1.807) is 6.07 Å². The fraction of sp³-hybridized carbons (Fsp3) is 0.235. The van der Waals surface area contributed by atoms with Crippen LogP contribution in [0.1, 0.15) is 36.9 Å². The van der Waals surface area contributed by atoms with Gasteiger partial charge in [0.15, 0.2) is 5.82 Å². The molecule has 43 heavy (non-hydrogen) atoms.